The fraction of sp³-hybridized carbons (Fsp3) is 0.500. The maximum absolute atomic E-state index is 13.3. The average molecular weight is 266 g/mol. The smallest absolute Gasteiger partial charge is 0.170 e. The molecule has 19 heavy (non-hydrogen) atoms. The van der Waals surface area contributed by atoms with E-state index in [1.54, 1.807) is 0 Å². The average Bonchev–Trinajstić information content (AvgIpc) is 2.82. The van der Waals surface area contributed by atoms with Crippen LogP contribution in [0.15, 0.2) is 16.7 Å². The second-order valence-electron chi connectivity index (χ2n) is 5.04. The largest absolute Gasteiger partial charge is 0.356 e. The third-order valence-electron chi connectivity index (χ3n) is 3.96. The van der Waals surface area contributed by atoms with Gasteiger partial charge in [-0.1, -0.05) is 12.1 Å². The molecule has 2 aromatic rings. The van der Waals surface area contributed by atoms with Gasteiger partial charge in [0.1, 0.15) is 0 Å². The summed E-state index contributed by atoms with van der Waals surface area (Å²) in [4.78, 5) is 2.37. The highest BCUT2D eigenvalue weighted by atomic mass is 19.2. The van der Waals surface area contributed by atoms with E-state index in [-0.39, 0.29) is 5.92 Å². The Labute approximate surface area is 110 Å². The Kier molecular flexibility index (Phi) is 3.22. The number of hydrogen-bond acceptors (Lipinski definition) is 3. The third-order valence-corrected chi connectivity index (χ3v) is 3.96. The lowest BCUT2D eigenvalue weighted by Gasteiger charge is -2.29. The Morgan fingerprint density at radius 1 is 1.26 bits per heavy atom. The van der Waals surface area contributed by atoms with E-state index in [9.17, 15) is 8.78 Å². The van der Waals surface area contributed by atoms with Gasteiger partial charge in [0.25, 0.3) is 0 Å². The van der Waals surface area contributed by atoms with Crippen LogP contribution in [0, 0.1) is 11.6 Å². The Hall–Kier alpha value is -1.49. The van der Waals surface area contributed by atoms with Crippen molar-refractivity contribution in [2.75, 3.05) is 19.6 Å². The minimum atomic E-state index is -0.893. The SMILES string of the molecule is CCN1CCC(c2noc3cc(F)c(F)cc23)CC1. The lowest BCUT2D eigenvalue weighted by Crippen LogP contribution is -2.32. The molecule has 1 aliphatic rings. The van der Waals surface area contributed by atoms with E-state index in [4.69, 9.17) is 4.52 Å². The number of aromatic nitrogens is 1. The van der Waals surface area contributed by atoms with Crippen molar-refractivity contribution in [1.82, 2.24) is 10.1 Å². The number of nitrogens with zero attached hydrogens (tertiary/aromatic N) is 2. The van der Waals surface area contributed by atoms with Crippen molar-refractivity contribution in [1.29, 1.82) is 0 Å². The van der Waals surface area contributed by atoms with E-state index in [0.717, 1.165) is 44.2 Å². The quantitative estimate of drug-likeness (QED) is 0.835. The van der Waals surface area contributed by atoms with Crippen LogP contribution in [0.3, 0.4) is 0 Å². The predicted octanol–water partition coefficient (Wildman–Crippen LogP) is 3.31. The molecule has 0 spiro atoms. The summed E-state index contributed by atoms with van der Waals surface area (Å²) in [6.07, 6.45) is 1.96. The summed E-state index contributed by atoms with van der Waals surface area (Å²) >= 11 is 0. The summed E-state index contributed by atoms with van der Waals surface area (Å²) in [6, 6.07) is 2.27. The number of hydrogen-bond donors (Lipinski definition) is 0. The molecule has 3 nitrogen and oxygen atoms in total. The van der Waals surface area contributed by atoms with E-state index in [2.05, 4.69) is 17.0 Å². The van der Waals surface area contributed by atoms with Crippen molar-refractivity contribution in [2.45, 2.75) is 25.7 Å². The van der Waals surface area contributed by atoms with Crippen LogP contribution >= 0.6 is 0 Å². The molecule has 1 aliphatic heterocycles. The molecule has 2 heterocycles. The summed E-state index contributed by atoms with van der Waals surface area (Å²) in [6.45, 7) is 5.22. The molecular formula is C14H16F2N2O. The Morgan fingerprint density at radius 3 is 2.63 bits per heavy atom. The first kappa shape index (κ1) is 12.5. The molecule has 0 N–H and O–H groups in total. The van der Waals surface area contributed by atoms with Gasteiger partial charge in [-0.15, -0.1) is 0 Å². The molecule has 1 aromatic carbocycles. The molecule has 3 rings (SSSR count). The van der Waals surface area contributed by atoms with Crippen LogP contribution in [0.2, 0.25) is 0 Å². The van der Waals surface area contributed by atoms with Crippen molar-refractivity contribution in [3.05, 3.63) is 29.5 Å². The molecule has 0 unspecified atom stereocenters. The molecule has 0 radical (unpaired) electrons. The topological polar surface area (TPSA) is 29.3 Å². The van der Waals surface area contributed by atoms with Gasteiger partial charge < -0.3 is 9.42 Å². The summed E-state index contributed by atoms with van der Waals surface area (Å²) in [5, 5.41) is 4.63. The van der Waals surface area contributed by atoms with Crippen LogP contribution in [0.4, 0.5) is 8.78 Å². The van der Waals surface area contributed by atoms with Crippen molar-refractivity contribution >= 4 is 11.0 Å². The highest BCUT2D eigenvalue weighted by Gasteiger charge is 2.25. The maximum atomic E-state index is 13.3. The first-order chi connectivity index (χ1) is 9.19. The zero-order valence-corrected chi connectivity index (χ0v) is 10.8. The number of fused-ring (bicyclic) bond motifs is 1. The zero-order chi connectivity index (χ0) is 13.4. The number of benzene rings is 1. The van der Waals surface area contributed by atoms with Gasteiger partial charge in [-0.3, -0.25) is 0 Å². The first-order valence-corrected chi connectivity index (χ1v) is 6.65. The summed E-state index contributed by atoms with van der Waals surface area (Å²) in [5.41, 5.74) is 1.09. The fourth-order valence-electron chi connectivity index (χ4n) is 2.77. The molecule has 1 saturated heterocycles. The van der Waals surface area contributed by atoms with E-state index >= 15 is 0 Å². The molecule has 0 amide bonds. The number of piperidine rings is 1. The van der Waals surface area contributed by atoms with Crippen LogP contribution in [0.25, 0.3) is 11.0 Å². The molecule has 0 aliphatic carbocycles. The second-order valence-corrected chi connectivity index (χ2v) is 5.04. The van der Waals surface area contributed by atoms with Gasteiger partial charge in [-0.25, -0.2) is 8.78 Å². The minimum Gasteiger partial charge on any atom is -0.356 e. The van der Waals surface area contributed by atoms with E-state index < -0.39 is 11.6 Å². The molecule has 0 bridgehead atoms. The lowest BCUT2D eigenvalue weighted by molar-refractivity contribution is 0.219. The van der Waals surface area contributed by atoms with Crippen molar-refractivity contribution in [3.63, 3.8) is 0 Å². The second kappa shape index (κ2) is 4.89. The van der Waals surface area contributed by atoms with Crippen molar-refractivity contribution < 1.29 is 13.3 Å². The van der Waals surface area contributed by atoms with Gasteiger partial charge in [-0.2, -0.15) is 0 Å². The zero-order valence-electron chi connectivity index (χ0n) is 10.8. The Balaban J connectivity index is 1.91. The molecular weight excluding hydrogens is 250 g/mol. The molecule has 0 atom stereocenters. The Morgan fingerprint density at radius 2 is 1.95 bits per heavy atom. The first-order valence-electron chi connectivity index (χ1n) is 6.65. The summed E-state index contributed by atoms with van der Waals surface area (Å²) in [7, 11) is 0. The fourth-order valence-corrected chi connectivity index (χ4v) is 2.77. The molecule has 5 heteroatoms. The molecule has 1 aromatic heterocycles. The summed E-state index contributed by atoms with van der Waals surface area (Å²) < 4.78 is 31.6. The van der Waals surface area contributed by atoms with E-state index in [0.29, 0.717) is 11.0 Å². The lowest BCUT2D eigenvalue weighted by atomic mass is 9.91. The Bertz CT molecular complexity index is 588. The van der Waals surface area contributed by atoms with E-state index in [1.165, 1.54) is 6.07 Å². The highest BCUT2D eigenvalue weighted by Crippen LogP contribution is 2.33. The van der Waals surface area contributed by atoms with Gasteiger partial charge in [0.05, 0.1) is 5.69 Å². The minimum absolute atomic E-state index is 0.272. The maximum Gasteiger partial charge on any atom is 0.170 e. The highest BCUT2D eigenvalue weighted by molar-refractivity contribution is 5.80. The summed E-state index contributed by atoms with van der Waals surface area (Å²) in [5.74, 6) is -1.46. The van der Waals surface area contributed by atoms with Crippen LogP contribution in [0.1, 0.15) is 31.4 Å². The van der Waals surface area contributed by atoms with Gasteiger partial charge in [0.15, 0.2) is 17.2 Å². The molecule has 0 saturated carbocycles. The van der Waals surface area contributed by atoms with Crippen molar-refractivity contribution in [2.24, 2.45) is 0 Å². The predicted molar refractivity (Wildman–Crippen MR) is 68.0 cm³/mol. The molecule has 102 valence electrons. The van der Waals surface area contributed by atoms with Crippen LogP contribution < -0.4 is 0 Å². The number of likely N-dealkylation sites (tertiary alicyclic amines) is 1. The van der Waals surface area contributed by atoms with Gasteiger partial charge >= 0.3 is 0 Å². The molecule has 1 fully saturated rings. The standard InChI is InChI=1S/C14H16F2N2O/c1-2-18-5-3-9(4-6-18)14-10-7-11(15)12(16)8-13(10)19-17-14/h7-9H,2-6H2,1H3. The van der Waals surface area contributed by atoms with Crippen molar-refractivity contribution in [3.8, 4) is 0 Å². The monoisotopic (exact) mass is 266 g/mol. The van der Waals surface area contributed by atoms with Crippen LogP contribution in [-0.4, -0.2) is 29.7 Å². The number of rotatable bonds is 2. The van der Waals surface area contributed by atoms with Crippen LogP contribution in [-0.2, 0) is 0 Å². The van der Waals surface area contributed by atoms with Gasteiger partial charge in [-0.05, 0) is 38.5 Å². The van der Waals surface area contributed by atoms with E-state index in [1.807, 2.05) is 0 Å². The van der Waals surface area contributed by atoms with Gasteiger partial charge in [0, 0.05) is 17.4 Å². The van der Waals surface area contributed by atoms with Crippen LogP contribution in [0.5, 0.6) is 0 Å². The van der Waals surface area contributed by atoms with Gasteiger partial charge in [0.2, 0.25) is 0 Å². The normalized spacial score (nSPS) is 18.3. The number of halogens is 2. The third kappa shape index (κ3) is 2.23.